The number of nitrogens with two attached hydrogens (primary N) is 1. The van der Waals surface area contributed by atoms with E-state index in [0.717, 1.165) is 17.0 Å². The summed E-state index contributed by atoms with van der Waals surface area (Å²) in [6.45, 7) is 0.540. The summed E-state index contributed by atoms with van der Waals surface area (Å²) in [6.07, 6.45) is 3.61. The summed E-state index contributed by atoms with van der Waals surface area (Å²) in [6, 6.07) is 12.6. The summed E-state index contributed by atoms with van der Waals surface area (Å²) >= 11 is 3.29. The monoisotopic (exact) mass is 345 g/mol. The number of rotatable bonds is 3. The highest BCUT2D eigenvalue weighted by Crippen LogP contribution is 2.24. The molecular weight excluding hydrogens is 333 g/mol. The van der Waals surface area contributed by atoms with Crippen molar-refractivity contribution in [1.82, 2.24) is 9.55 Å². The number of hydrogen-bond donors (Lipinski definition) is 1. The summed E-state index contributed by atoms with van der Waals surface area (Å²) in [4.78, 5) is 4.38. The Morgan fingerprint density at radius 2 is 1.90 bits per heavy atom. The largest absolute Gasteiger partial charge is 0.399 e. The maximum atomic E-state index is 13.6. The first kappa shape index (κ1) is 13.8. The molecule has 0 saturated heterocycles. The Morgan fingerprint density at radius 3 is 2.67 bits per heavy atom. The van der Waals surface area contributed by atoms with Crippen molar-refractivity contribution in [3.05, 3.63) is 70.7 Å². The summed E-state index contributed by atoms with van der Waals surface area (Å²) in [5.41, 5.74) is 8.26. The highest BCUT2D eigenvalue weighted by atomic mass is 79.9. The van der Waals surface area contributed by atoms with Crippen LogP contribution in [0, 0.1) is 5.82 Å². The van der Waals surface area contributed by atoms with Gasteiger partial charge in [0.15, 0.2) is 0 Å². The summed E-state index contributed by atoms with van der Waals surface area (Å²) < 4.78 is 16.1. The van der Waals surface area contributed by atoms with Crippen molar-refractivity contribution >= 4 is 21.6 Å². The molecule has 0 fully saturated rings. The van der Waals surface area contributed by atoms with Crippen molar-refractivity contribution < 1.29 is 4.39 Å². The fourth-order valence-electron chi connectivity index (χ4n) is 2.18. The molecule has 0 aliphatic rings. The van der Waals surface area contributed by atoms with Crippen molar-refractivity contribution in [3.8, 4) is 11.4 Å². The Bertz CT molecular complexity index is 765. The second-order valence-corrected chi connectivity index (χ2v) is 5.51. The lowest BCUT2D eigenvalue weighted by Gasteiger charge is -2.10. The first-order valence-electron chi connectivity index (χ1n) is 6.45. The van der Waals surface area contributed by atoms with Crippen LogP contribution in [0.4, 0.5) is 10.1 Å². The molecule has 0 atom stereocenters. The number of nitrogens with zero attached hydrogens (tertiary/aromatic N) is 2. The highest BCUT2D eigenvalue weighted by Gasteiger charge is 2.10. The zero-order valence-corrected chi connectivity index (χ0v) is 12.7. The predicted molar refractivity (Wildman–Crippen MR) is 85.3 cm³/mol. The Labute approximate surface area is 130 Å². The lowest BCUT2D eigenvalue weighted by molar-refractivity contribution is 0.616. The van der Waals surface area contributed by atoms with Crippen molar-refractivity contribution in [2.45, 2.75) is 6.54 Å². The average Bonchev–Trinajstić information content (AvgIpc) is 2.93. The molecule has 3 rings (SSSR count). The zero-order valence-electron chi connectivity index (χ0n) is 11.1. The molecule has 1 aromatic heterocycles. The molecule has 0 unspecified atom stereocenters. The van der Waals surface area contributed by atoms with Crippen LogP contribution in [0.5, 0.6) is 0 Å². The molecule has 0 bridgehead atoms. The molecule has 5 heteroatoms. The van der Waals surface area contributed by atoms with Gasteiger partial charge in [-0.2, -0.15) is 0 Å². The molecule has 0 saturated carbocycles. The van der Waals surface area contributed by atoms with E-state index in [4.69, 9.17) is 5.73 Å². The van der Waals surface area contributed by atoms with E-state index in [1.54, 1.807) is 12.3 Å². The molecule has 0 aliphatic heterocycles. The molecule has 3 aromatic rings. The van der Waals surface area contributed by atoms with Gasteiger partial charge in [-0.3, -0.25) is 0 Å². The minimum Gasteiger partial charge on any atom is -0.399 e. The van der Waals surface area contributed by atoms with Crippen LogP contribution in [-0.2, 0) is 6.54 Å². The fraction of sp³-hybridized carbons (Fsp3) is 0.0625. The van der Waals surface area contributed by atoms with E-state index in [1.165, 1.54) is 6.07 Å². The molecule has 1 heterocycles. The molecule has 21 heavy (non-hydrogen) atoms. The average molecular weight is 346 g/mol. The van der Waals surface area contributed by atoms with Crippen LogP contribution in [-0.4, -0.2) is 9.55 Å². The lowest BCUT2D eigenvalue weighted by Crippen LogP contribution is -2.02. The van der Waals surface area contributed by atoms with E-state index in [0.29, 0.717) is 16.7 Å². The maximum absolute atomic E-state index is 13.6. The quantitative estimate of drug-likeness (QED) is 0.726. The third kappa shape index (κ3) is 2.83. The maximum Gasteiger partial charge on any atom is 0.140 e. The highest BCUT2D eigenvalue weighted by molar-refractivity contribution is 9.10. The molecule has 0 radical (unpaired) electrons. The fourth-order valence-corrected chi connectivity index (χ4v) is 2.57. The van der Waals surface area contributed by atoms with E-state index >= 15 is 0 Å². The summed E-state index contributed by atoms with van der Waals surface area (Å²) in [5.74, 6) is 0.563. The molecule has 0 spiro atoms. The second kappa shape index (κ2) is 5.69. The number of benzene rings is 2. The van der Waals surface area contributed by atoms with E-state index < -0.39 is 0 Å². The Kier molecular flexibility index (Phi) is 3.75. The van der Waals surface area contributed by atoms with Crippen molar-refractivity contribution in [3.63, 3.8) is 0 Å². The first-order valence-corrected chi connectivity index (χ1v) is 7.24. The van der Waals surface area contributed by atoms with E-state index in [-0.39, 0.29) is 5.82 Å². The van der Waals surface area contributed by atoms with Gasteiger partial charge in [-0.25, -0.2) is 9.37 Å². The Hall–Kier alpha value is -2.14. The molecular formula is C16H13BrFN3. The molecule has 0 aliphatic carbocycles. The number of hydrogen-bond acceptors (Lipinski definition) is 2. The molecule has 2 N–H and O–H groups in total. The number of imidazole rings is 1. The number of anilines is 1. The smallest absolute Gasteiger partial charge is 0.140 e. The van der Waals surface area contributed by atoms with E-state index in [9.17, 15) is 4.39 Å². The van der Waals surface area contributed by atoms with Gasteiger partial charge in [-0.05, 0) is 51.8 Å². The minimum atomic E-state index is -0.262. The van der Waals surface area contributed by atoms with E-state index in [1.807, 2.05) is 41.1 Å². The summed E-state index contributed by atoms with van der Waals surface area (Å²) in [7, 11) is 0. The SMILES string of the molecule is Nc1ccc(-c2nccn2Cc2cccc(F)c2Br)cc1. The molecule has 106 valence electrons. The number of nitrogen functional groups attached to an aromatic ring is 1. The second-order valence-electron chi connectivity index (χ2n) is 4.71. The molecule has 2 aromatic carbocycles. The van der Waals surface area contributed by atoms with Gasteiger partial charge in [-0.1, -0.05) is 12.1 Å². The molecule has 0 amide bonds. The Morgan fingerprint density at radius 1 is 1.14 bits per heavy atom. The predicted octanol–water partition coefficient (Wildman–Crippen LogP) is 4.08. The van der Waals surface area contributed by atoms with Crippen molar-refractivity contribution in [2.24, 2.45) is 0 Å². The van der Waals surface area contributed by atoms with Gasteiger partial charge in [0.05, 0.1) is 11.0 Å². The van der Waals surface area contributed by atoms with Crippen LogP contribution >= 0.6 is 15.9 Å². The van der Waals surface area contributed by atoms with Gasteiger partial charge in [0.25, 0.3) is 0 Å². The number of halogens is 2. The van der Waals surface area contributed by atoms with Gasteiger partial charge < -0.3 is 10.3 Å². The Balaban J connectivity index is 1.96. The van der Waals surface area contributed by atoms with Crippen LogP contribution in [0.3, 0.4) is 0 Å². The van der Waals surface area contributed by atoms with Gasteiger partial charge in [-0.15, -0.1) is 0 Å². The van der Waals surface area contributed by atoms with E-state index in [2.05, 4.69) is 20.9 Å². The van der Waals surface area contributed by atoms with Gasteiger partial charge in [0.1, 0.15) is 11.6 Å². The first-order chi connectivity index (χ1) is 10.1. The van der Waals surface area contributed by atoms with Gasteiger partial charge >= 0.3 is 0 Å². The summed E-state index contributed by atoms with van der Waals surface area (Å²) in [5, 5.41) is 0. The topological polar surface area (TPSA) is 43.8 Å². The van der Waals surface area contributed by atoms with Crippen LogP contribution in [0.2, 0.25) is 0 Å². The van der Waals surface area contributed by atoms with Gasteiger partial charge in [0.2, 0.25) is 0 Å². The van der Waals surface area contributed by atoms with Crippen molar-refractivity contribution in [2.75, 3.05) is 5.73 Å². The van der Waals surface area contributed by atoms with Crippen LogP contribution in [0.25, 0.3) is 11.4 Å². The third-order valence-electron chi connectivity index (χ3n) is 3.26. The number of aromatic nitrogens is 2. The van der Waals surface area contributed by atoms with Crippen molar-refractivity contribution in [1.29, 1.82) is 0 Å². The third-order valence-corrected chi connectivity index (χ3v) is 4.14. The zero-order chi connectivity index (χ0) is 14.8. The minimum absolute atomic E-state index is 0.262. The normalized spacial score (nSPS) is 10.8. The van der Waals surface area contributed by atoms with Gasteiger partial charge in [0, 0.05) is 23.6 Å². The molecule has 3 nitrogen and oxygen atoms in total. The standard InChI is InChI=1S/C16H13BrFN3/c17-15-12(2-1-3-14(15)18)10-21-9-8-20-16(21)11-4-6-13(19)7-5-11/h1-9H,10,19H2. The van der Waals surface area contributed by atoms with Crippen LogP contribution < -0.4 is 5.73 Å². The van der Waals surface area contributed by atoms with Crippen LogP contribution in [0.1, 0.15) is 5.56 Å². The van der Waals surface area contributed by atoms with Crippen LogP contribution in [0.15, 0.2) is 59.3 Å². The lowest BCUT2D eigenvalue weighted by atomic mass is 10.2.